The van der Waals surface area contributed by atoms with Crippen LogP contribution in [0.4, 0.5) is 10.4 Å². The standard InChI is InChI=1S/C12H13FN2O2/c1-14-12-15-7-10(17-12)6-8-5-9(13)3-4-11(8)16-2/h3-5,7H,6H2,1-2H3,(H,14,15). The molecule has 0 saturated heterocycles. The molecule has 1 N–H and O–H groups in total. The fourth-order valence-corrected chi connectivity index (χ4v) is 1.58. The summed E-state index contributed by atoms with van der Waals surface area (Å²) in [5.74, 6) is 0.987. The molecule has 17 heavy (non-hydrogen) atoms. The molecular weight excluding hydrogens is 223 g/mol. The third-order valence-electron chi connectivity index (χ3n) is 2.37. The summed E-state index contributed by atoms with van der Waals surface area (Å²) in [4.78, 5) is 4.00. The molecule has 0 amide bonds. The van der Waals surface area contributed by atoms with Gasteiger partial charge in [-0.25, -0.2) is 9.37 Å². The van der Waals surface area contributed by atoms with Crippen molar-refractivity contribution in [3.8, 4) is 5.75 Å². The maximum atomic E-state index is 13.1. The molecule has 2 rings (SSSR count). The molecular formula is C12H13FN2O2. The average molecular weight is 236 g/mol. The molecule has 5 heteroatoms. The zero-order chi connectivity index (χ0) is 12.3. The fraction of sp³-hybridized carbons (Fsp3) is 0.250. The van der Waals surface area contributed by atoms with Gasteiger partial charge in [0.05, 0.1) is 13.3 Å². The monoisotopic (exact) mass is 236 g/mol. The van der Waals surface area contributed by atoms with Gasteiger partial charge in [-0.1, -0.05) is 0 Å². The molecule has 0 fully saturated rings. The van der Waals surface area contributed by atoms with Crippen molar-refractivity contribution in [2.75, 3.05) is 19.5 Å². The predicted octanol–water partition coefficient (Wildman–Crippen LogP) is 2.45. The number of nitrogens with zero attached hydrogens (tertiary/aromatic N) is 1. The van der Waals surface area contributed by atoms with E-state index in [1.54, 1.807) is 26.4 Å². The van der Waals surface area contributed by atoms with Gasteiger partial charge in [0.2, 0.25) is 0 Å². The maximum absolute atomic E-state index is 13.1. The Labute approximate surface area is 98.4 Å². The van der Waals surface area contributed by atoms with Gasteiger partial charge in [0.25, 0.3) is 6.01 Å². The summed E-state index contributed by atoms with van der Waals surface area (Å²) in [5, 5.41) is 2.79. The largest absolute Gasteiger partial charge is 0.496 e. The van der Waals surface area contributed by atoms with Crippen molar-refractivity contribution in [2.45, 2.75) is 6.42 Å². The van der Waals surface area contributed by atoms with Gasteiger partial charge >= 0.3 is 0 Å². The van der Waals surface area contributed by atoms with Gasteiger partial charge in [-0.15, -0.1) is 0 Å². The number of rotatable bonds is 4. The molecule has 90 valence electrons. The zero-order valence-corrected chi connectivity index (χ0v) is 9.66. The molecule has 4 nitrogen and oxygen atoms in total. The van der Waals surface area contributed by atoms with E-state index in [2.05, 4.69) is 10.3 Å². The van der Waals surface area contributed by atoms with Gasteiger partial charge in [-0.05, 0) is 18.2 Å². The first kappa shape index (κ1) is 11.4. The normalized spacial score (nSPS) is 10.3. The highest BCUT2D eigenvalue weighted by atomic mass is 19.1. The van der Waals surface area contributed by atoms with Crippen molar-refractivity contribution >= 4 is 6.01 Å². The van der Waals surface area contributed by atoms with Crippen LogP contribution in [0.5, 0.6) is 5.75 Å². The van der Waals surface area contributed by atoms with E-state index in [1.165, 1.54) is 12.1 Å². The first-order valence-electron chi connectivity index (χ1n) is 5.18. The summed E-state index contributed by atoms with van der Waals surface area (Å²) in [7, 11) is 3.27. The summed E-state index contributed by atoms with van der Waals surface area (Å²) in [6.07, 6.45) is 2.05. The van der Waals surface area contributed by atoms with E-state index < -0.39 is 0 Å². The molecule has 0 bridgehead atoms. The van der Waals surface area contributed by atoms with Gasteiger partial charge in [0, 0.05) is 19.0 Å². The second kappa shape index (κ2) is 4.86. The fourth-order valence-electron chi connectivity index (χ4n) is 1.58. The lowest BCUT2D eigenvalue weighted by molar-refractivity contribution is 0.407. The van der Waals surface area contributed by atoms with E-state index in [0.717, 1.165) is 5.56 Å². The van der Waals surface area contributed by atoms with Crippen LogP contribution < -0.4 is 10.1 Å². The molecule has 1 heterocycles. The highest BCUT2D eigenvalue weighted by Gasteiger charge is 2.09. The van der Waals surface area contributed by atoms with Crippen LogP contribution in [-0.2, 0) is 6.42 Å². The van der Waals surface area contributed by atoms with Crippen LogP contribution >= 0.6 is 0 Å². The van der Waals surface area contributed by atoms with E-state index in [-0.39, 0.29) is 5.82 Å². The second-order valence-corrected chi connectivity index (χ2v) is 3.51. The third-order valence-corrected chi connectivity index (χ3v) is 2.37. The predicted molar refractivity (Wildman–Crippen MR) is 61.8 cm³/mol. The lowest BCUT2D eigenvalue weighted by Gasteiger charge is -2.06. The molecule has 0 saturated carbocycles. The minimum atomic E-state index is -0.297. The lowest BCUT2D eigenvalue weighted by Crippen LogP contribution is -1.94. The van der Waals surface area contributed by atoms with Crippen molar-refractivity contribution < 1.29 is 13.5 Å². The highest BCUT2D eigenvalue weighted by Crippen LogP contribution is 2.23. The van der Waals surface area contributed by atoms with E-state index in [9.17, 15) is 4.39 Å². The van der Waals surface area contributed by atoms with E-state index in [0.29, 0.717) is 23.9 Å². The van der Waals surface area contributed by atoms with Crippen LogP contribution in [0.1, 0.15) is 11.3 Å². The molecule has 0 aliphatic heterocycles. The van der Waals surface area contributed by atoms with E-state index in [1.807, 2.05) is 0 Å². The van der Waals surface area contributed by atoms with Crippen LogP contribution in [0.15, 0.2) is 28.8 Å². The Bertz CT molecular complexity index is 511. The van der Waals surface area contributed by atoms with Crippen molar-refractivity contribution in [1.82, 2.24) is 4.98 Å². The van der Waals surface area contributed by atoms with E-state index in [4.69, 9.17) is 9.15 Å². The number of hydrogen-bond donors (Lipinski definition) is 1. The van der Waals surface area contributed by atoms with Crippen LogP contribution in [0, 0.1) is 5.82 Å². The molecule has 0 radical (unpaired) electrons. The van der Waals surface area contributed by atoms with Crippen molar-refractivity contribution in [1.29, 1.82) is 0 Å². The highest BCUT2D eigenvalue weighted by molar-refractivity contribution is 5.36. The Morgan fingerprint density at radius 3 is 2.94 bits per heavy atom. The number of benzene rings is 1. The first-order chi connectivity index (χ1) is 8.22. The van der Waals surface area contributed by atoms with Gasteiger partial charge in [-0.3, -0.25) is 0 Å². The zero-order valence-electron chi connectivity index (χ0n) is 9.66. The molecule has 0 unspecified atom stereocenters. The second-order valence-electron chi connectivity index (χ2n) is 3.51. The Kier molecular flexibility index (Phi) is 3.27. The molecule has 0 aliphatic rings. The maximum Gasteiger partial charge on any atom is 0.294 e. The Morgan fingerprint density at radius 1 is 1.47 bits per heavy atom. The summed E-state index contributed by atoms with van der Waals surface area (Å²) in [6, 6.07) is 4.83. The number of aromatic nitrogens is 1. The van der Waals surface area contributed by atoms with Crippen LogP contribution in [0.3, 0.4) is 0 Å². The number of methoxy groups -OCH3 is 1. The van der Waals surface area contributed by atoms with Gasteiger partial charge in [0.15, 0.2) is 0 Å². The van der Waals surface area contributed by atoms with Crippen LogP contribution in [0.2, 0.25) is 0 Å². The van der Waals surface area contributed by atoms with Gasteiger partial charge in [-0.2, -0.15) is 0 Å². The van der Waals surface area contributed by atoms with Crippen LogP contribution in [0.25, 0.3) is 0 Å². The number of hydrogen-bond acceptors (Lipinski definition) is 4. The molecule has 1 aromatic heterocycles. The van der Waals surface area contributed by atoms with Crippen LogP contribution in [-0.4, -0.2) is 19.1 Å². The molecule has 0 aliphatic carbocycles. The molecule has 0 atom stereocenters. The van der Waals surface area contributed by atoms with Gasteiger partial charge < -0.3 is 14.5 Å². The Balaban J connectivity index is 2.25. The van der Waals surface area contributed by atoms with Gasteiger partial charge in [0.1, 0.15) is 17.3 Å². The SMILES string of the molecule is CNc1ncc(Cc2cc(F)ccc2OC)o1. The smallest absolute Gasteiger partial charge is 0.294 e. The topological polar surface area (TPSA) is 47.3 Å². The number of anilines is 1. The van der Waals surface area contributed by atoms with Crippen molar-refractivity contribution in [3.63, 3.8) is 0 Å². The van der Waals surface area contributed by atoms with Crippen molar-refractivity contribution in [2.24, 2.45) is 0 Å². The summed E-state index contributed by atoms with van der Waals surface area (Å²) in [5.41, 5.74) is 0.728. The van der Waals surface area contributed by atoms with E-state index >= 15 is 0 Å². The molecule has 1 aromatic carbocycles. The minimum Gasteiger partial charge on any atom is -0.496 e. The Morgan fingerprint density at radius 2 is 2.29 bits per heavy atom. The minimum absolute atomic E-state index is 0.297. The van der Waals surface area contributed by atoms with Crippen molar-refractivity contribution in [3.05, 3.63) is 41.5 Å². The summed E-state index contributed by atoms with van der Waals surface area (Å²) < 4.78 is 23.7. The first-order valence-corrected chi connectivity index (χ1v) is 5.18. The number of ether oxygens (including phenoxy) is 1. The Hall–Kier alpha value is -2.04. The number of halogens is 1. The molecule has 0 spiro atoms. The number of nitrogens with one attached hydrogen (secondary N) is 1. The quantitative estimate of drug-likeness (QED) is 0.885. The third kappa shape index (κ3) is 2.55. The molecule has 2 aromatic rings. The lowest BCUT2D eigenvalue weighted by atomic mass is 10.1. The number of oxazole rings is 1. The average Bonchev–Trinajstić information content (AvgIpc) is 2.77. The summed E-state index contributed by atoms with van der Waals surface area (Å²) in [6.45, 7) is 0. The summed E-state index contributed by atoms with van der Waals surface area (Å²) >= 11 is 0.